The highest BCUT2D eigenvalue weighted by Gasteiger charge is 2.15. The summed E-state index contributed by atoms with van der Waals surface area (Å²) in [6, 6.07) is 11.2. The average molecular weight is 358 g/mol. The zero-order chi connectivity index (χ0) is 17.8. The molecule has 0 saturated heterocycles. The first-order valence-corrected chi connectivity index (χ1v) is 8.33. The Bertz CT molecular complexity index is 905. The largest absolute Gasteiger partial charge is 0.346 e. The average Bonchev–Trinajstić information content (AvgIpc) is 3.24. The van der Waals surface area contributed by atoms with Crippen molar-refractivity contribution >= 4 is 29.0 Å². The summed E-state index contributed by atoms with van der Waals surface area (Å²) in [5, 5.41) is 11.2. The summed E-state index contributed by atoms with van der Waals surface area (Å²) in [5.74, 6) is -0.700. The van der Waals surface area contributed by atoms with Crippen molar-refractivity contribution in [1.29, 1.82) is 0 Å². The maximum Gasteiger partial charge on any atom is 0.272 e. The van der Waals surface area contributed by atoms with Gasteiger partial charge < -0.3 is 10.6 Å². The van der Waals surface area contributed by atoms with Crippen LogP contribution in [0.25, 0.3) is 0 Å². The Hall–Kier alpha value is -3.00. The molecule has 2 aromatic heterocycles. The summed E-state index contributed by atoms with van der Waals surface area (Å²) in [7, 11) is 1.62. The van der Waals surface area contributed by atoms with E-state index >= 15 is 0 Å². The first kappa shape index (κ1) is 16.8. The van der Waals surface area contributed by atoms with E-state index in [1.165, 1.54) is 28.2 Å². The van der Waals surface area contributed by atoms with Crippen molar-refractivity contribution in [2.24, 2.45) is 7.05 Å². The molecule has 0 unspecified atom stereocenters. The third-order valence-corrected chi connectivity index (χ3v) is 4.36. The number of halogens is 1. The predicted molar refractivity (Wildman–Crippen MR) is 93.1 cm³/mol. The number of hydrogen-bond donors (Lipinski definition) is 2. The van der Waals surface area contributed by atoms with Gasteiger partial charge in [-0.3, -0.25) is 14.3 Å². The Balaban J connectivity index is 1.66. The van der Waals surface area contributed by atoms with Crippen LogP contribution in [-0.2, 0) is 13.6 Å². The molecule has 0 aliphatic heterocycles. The fraction of sp³-hybridized carbons (Fsp3) is 0.118. The lowest BCUT2D eigenvalue weighted by molar-refractivity contribution is 0.0944. The van der Waals surface area contributed by atoms with E-state index in [0.717, 1.165) is 0 Å². The van der Waals surface area contributed by atoms with Gasteiger partial charge in [-0.15, -0.1) is 11.3 Å². The monoisotopic (exact) mass is 358 g/mol. The summed E-state index contributed by atoms with van der Waals surface area (Å²) in [4.78, 5) is 24.8. The molecule has 6 nitrogen and oxygen atoms in total. The van der Waals surface area contributed by atoms with E-state index in [0.29, 0.717) is 16.3 Å². The zero-order valence-electron chi connectivity index (χ0n) is 13.3. The minimum absolute atomic E-state index is 0.0545. The van der Waals surface area contributed by atoms with Crippen LogP contribution in [-0.4, -0.2) is 21.6 Å². The van der Waals surface area contributed by atoms with Crippen molar-refractivity contribution in [2.75, 3.05) is 5.32 Å². The molecule has 2 N–H and O–H groups in total. The minimum Gasteiger partial charge on any atom is -0.346 e. The van der Waals surface area contributed by atoms with Gasteiger partial charge >= 0.3 is 0 Å². The normalized spacial score (nSPS) is 10.5. The van der Waals surface area contributed by atoms with E-state index in [-0.39, 0.29) is 24.0 Å². The number of carbonyl (C=O) groups excluding carboxylic acids is 2. The van der Waals surface area contributed by atoms with Crippen molar-refractivity contribution in [3.8, 4) is 0 Å². The molecule has 3 aromatic rings. The molecular weight excluding hydrogens is 343 g/mol. The van der Waals surface area contributed by atoms with E-state index in [9.17, 15) is 14.0 Å². The quantitative estimate of drug-likeness (QED) is 0.736. The minimum atomic E-state index is -0.449. The lowest BCUT2D eigenvalue weighted by Crippen LogP contribution is -2.23. The van der Waals surface area contributed by atoms with E-state index in [1.807, 2.05) is 0 Å². The number of anilines is 1. The predicted octanol–water partition coefficient (Wildman–Crippen LogP) is 2.80. The number of thiophene rings is 1. The fourth-order valence-corrected chi connectivity index (χ4v) is 2.81. The van der Waals surface area contributed by atoms with Crippen LogP contribution in [0.15, 0.2) is 47.8 Å². The number of aryl methyl sites for hydroxylation is 1. The molecule has 2 heterocycles. The summed E-state index contributed by atoms with van der Waals surface area (Å²) in [6.45, 7) is 0.0545. The number of rotatable bonds is 5. The Morgan fingerprint density at radius 1 is 1.20 bits per heavy atom. The second-order valence-corrected chi connectivity index (χ2v) is 6.19. The van der Waals surface area contributed by atoms with Crippen molar-refractivity contribution in [1.82, 2.24) is 15.1 Å². The highest BCUT2D eigenvalue weighted by molar-refractivity contribution is 7.12. The second-order valence-electron chi connectivity index (χ2n) is 5.24. The first-order valence-electron chi connectivity index (χ1n) is 7.45. The van der Waals surface area contributed by atoms with Gasteiger partial charge in [-0.25, -0.2) is 4.39 Å². The van der Waals surface area contributed by atoms with Crippen LogP contribution in [0.1, 0.15) is 25.7 Å². The molecule has 1 aromatic carbocycles. The number of nitrogens with zero attached hydrogens (tertiary/aromatic N) is 2. The maximum absolute atomic E-state index is 13.6. The molecule has 25 heavy (non-hydrogen) atoms. The standard InChI is InChI=1S/C17H15FN4O2S/c1-22-15(20-17(24)14-7-4-8-25-14)9-13(21-22)16(23)19-10-11-5-2-3-6-12(11)18/h2-9H,10H2,1H3,(H,19,23)(H,20,24). The van der Waals surface area contributed by atoms with Gasteiger partial charge in [0.1, 0.15) is 11.6 Å². The van der Waals surface area contributed by atoms with Crippen molar-refractivity contribution < 1.29 is 14.0 Å². The fourth-order valence-electron chi connectivity index (χ4n) is 2.19. The van der Waals surface area contributed by atoms with E-state index in [2.05, 4.69) is 15.7 Å². The Morgan fingerprint density at radius 3 is 2.72 bits per heavy atom. The lowest BCUT2D eigenvalue weighted by Gasteiger charge is -2.04. The smallest absolute Gasteiger partial charge is 0.272 e. The van der Waals surface area contributed by atoms with Gasteiger partial charge in [-0.1, -0.05) is 24.3 Å². The highest BCUT2D eigenvalue weighted by atomic mass is 32.1. The molecule has 0 bridgehead atoms. The molecule has 3 rings (SSSR count). The number of nitrogens with one attached hydrogen (secondary N) is 2. The number of carbonyl (C=O) groups is 2. The second kappa shape index (κ2) is 7.27. The van der Waals surface area contributed by atoms with E-state index in [4.69, 9.17) is 0 Å². The number of aromatic nitrogens is 2. The van der Waals surface area contributed by atoms with Gasteiger partial charge in [0, 0.05) is 25.2 Å². The maximum atomic E-state index is 13.6. The van der Waals surface area contributed by atoms with Gasteiger partial charge in [0.05, 0.1) is 4.88 Å². The molecule has 0 radical (unpaired) electrons. The molecule has 0 saturated carbocycles. The molecule has 8 heteroatoms. The summed E-state index contributed by atoms with van der Waals surface area (Å²) in [6.07, 6.45) is 0. The third kappa shape index (κ3) is 3.92. The number of amides is 2. The van der Waals surface area contributed by atoms with Crippen LogP contribution in [0.4, 0.5) is 10.2 Å². The van der Waals surface area contributed by atoms with E-state index < -0.39 is 5.91 Å². The van der Waals surface area contributed by atoms with E-state index in [1.54, 1.807) is 42.8 Å². The molecule has 0 aliphatic rings. The van der Waals surface area contributed by atoms with Crippen LogP contribution in [0.5, 0.6) is 0 Å². The zero-order valence-corrected chi connectivity index (χ0v) is 14.1. The van der Waals surface area contributed by atoms with Gasteiger partial charge in [0.2, 0.25) is 0 Å². The third-order valence-electron chi connectivity index (χ3n) is 3.50. The topological polar surface area (TPSA) is 76.0 Å². The van der Waals surface area contributed by atoms with Gasteiger partial charge in [-0.2, -0.15) is 5.10 Å². The van der Waals surface area contributed by atoms with Crippen LogP contribution in [0, 0.1) is 5.82 Å². The summed E-state index contributed by atoms with van der Waals surface area (Å²) in [5.41, 5.74) is 0.526. The highest BCUT2D eigenvalue weighted by Crippen LogP contribution is 2.14. The molecule has 2 amide bonds. The summed E-state index contributed by atoms with van der Waals surface area (Å²) < 4.78 is 15.0. The molecule has 0 atom stereocenters. The van der Waals surface area contributed by atoms with Crippen LogP contribution < -0.4 is 10.6 Å². The first-order chi connectivity index (χ1) is 12.0. The lowest BCUT2D eigenvalue weighted by atomic mass is 10.2. The molecule has 128 valence electrons. The van der Waals surface area contributed by atoms with Crippen molar-refractivity contribution in [3.05, 3.63) is 69.8 Å². The summed E-state index contributed by atoms with van der Waals surface area (Å²) >= 11 is 1.32. The molecular formula is C17H15FN4O2S. The number of hydrogen-bond acceptors (Lipinski definition) is 4. The SMILES string of the molecule is Cn1nc(C(=O)NCc2ccccc2F)cc1NC(=O)c1cccs1. The Labute approximate surface area is 147 Å². The van der Waals surface area contributed by atoms with Gasteiger partial charge in [-0.05, 0) is 17.5 Å². The molecule has 0 fully saturated rings. The van der Waals surface area contributed by atoms with Gasteiger partial charge in [0.25, 0.3) is 11.8 Å². The van der Waals surface area contributed by atoms with Crippen LogP contribution in [0.2, 0.25) is 0 Å². The van der Waals surface area contributed by atoms with Crippen LogP contribution in [0.3, 0.4) is 0 Å². The van der Waals surface area contributed by atoms with Gasteiger partial charge in [0.15, 0.2) is 5.69 Å². The Kier molecular flexibility index (Phi) is 4.90. The molecule has 0 aliphatic carbocycles. The Morgan fingerprint density at radius 2 is 2.00 bits per heavy atom. The van der Waals surface area contributed by atoms with Crippen LogP contribution >= 0.6 is 11.3 Å². The van der Waals surface area contributed by atoms with Crippen molar-refractivity contribution in [3.63, 3.8) is 0 Å². The molecule has 0 spiro atoms. The number of benzene rings is 1. The van der Waals surface area contributed by atoms with Crippen molar-refractivity contribution in [2.45, 2.75) is 6.54 Å².